The second-order valence-corrected chi connectivity index (χ2v) is 9.83. The van der Waals surface area contributed by atoms with Crippen LogP contribution in [0.3, 0.4) is 0 Å². The second-order valence-electron chi connectivity index (χ2n) is 9.83. The number of carbonyl (C=O) groups excluding carboxylic acids is 2. The summed E-state index contributed by atoms with van der Waals surface area (Å²) in [5, 5.41) is 0. The maximum absolute atomic E-state index is 13.1. The lowest BCUT2D eigenvalue weighted by atomic mass is 9.81. The monoisotopic (exact) mass is 456 g/mol. The molecule has 1 saturated carbocycles. The smallest absolute Gasteiger partial charge is 0.328 e. The molecule has 1 aromatic heterocycles. The molecule has 2 aromatic rings. The van der Waals surface area contributed by atoms with Gasteiger partial charge in [-0.1, -0.05) is 13.8 Å². The van der Waals surface area contributed by atoms with Crippen LogP contribution in [-0.2, 0) is 23.2 Å². The number of imidazole rings is 1. The molecule has 2 amide bonds. The van der Waals surface area contributed by atoms with Crippen molar-refractivity contribution in [3.63, 3.8) is 0 Å². The number of amides is 2. The molecule has 180 valence electrons. The summed E-state index contributed by atoms with van der Waals surface area (Å²) in [6, 6.07) is 5.73. The van der Waals surface area contributed by atoms with Crippen LogP contribution in [0.2, 0.25) is 0 Å². The van der Waals surface area contributed by atoms with Crippen molar-refractivity contribution in [2.75, 3.05) is 33.3 Å². The maximum Gasteiger partial charge on any atom is 0.328 e. The molecule has 2 fully saturated rings. The number of aromatic nitrogens is 2. The van der Waals surface area contributed by atoms with Crippen molar-refractivity contribution >= 4 is 22.8 Å². The molecule has 1 aliphatic carbocycles. The van der Waals surface area contributed by atoms with Gasteiger partial charge < -0.3 is 14.5 Å². The fourth-order valence-electron chi connectivity index (χ4n) is 5.31. The molecule has 0 bridgehead atoms. The first kappa shape index (κ1) is 23.4. The van der Waals surface area contributed by atoms with Crippen LogP contribution in [0.4, 0.5) is 0 Å². The minimum Gasteiger partial charge on any atom is -0.497 e. The van der Waals surface area contributed by atoms with Crippen LogP contribution in [0.15, 0.2) is 23.0 Å². The number of rotatable bonds is 5. The summed E-state index contributed by atoms with van der Waals surface area (Å²) < 4.78 is 8.90. The lowest BCUT2D eigenvalue weighted by Gasteiger charge is -2.38. The molecule has 0 spiro atoms. The number of aryl methyl sites for hydroxylation is 1. The van der Waals surface area contributed by atoms with Crippen LogP contribution in [0.25, 0.3) is 11.0 Å². The van der Waals surface area contributed by atoms with Gasteiger partial charge in [-0.15, -0.1) is 0 Å². The molecule has 2 aliphatic rings. The highest BCUT2D eigenvalue weighted by Crippen LogP contribution is 2.32. The predicted molar refractivity (Wildman–Crippen MR) is 127 cm³/mol. The van der Waals surface area contributed by atoms with Crippen molar-refractivity contribution in [3.05, 3.63) is 28.7 Å². The summed E-state index contributed by atoms with van der Waals surface area (Å²) in [4.78, 5) is 41.9. The van der Waals surface area contributed by atoms with Gasteiger partial charge in [0.05, 0.1) is 18.1 Å². The maximum atomic E-state index is 13.1. The van der Waals surface area contributed by atoms with Crippen LogP contribution in [0, 0.1) is 17.8 Å². The van der Waals surface area contributed by atoms with Crippen LogP contribution in [0.1, 0.15) is 39.5 Å². The van der Waals surface area contributed by atoms with Gasteiger partial charge in [-0.05, 0) is 43.7 Å². The summed E-state index contributed by atoms with van der Waals surface area (Å²) in [5.41, 5.74) is 1.79. The van der Waals surface area contributed by atoms with Gasteiger partial charge in [0.1, 0.15) is 5.75 Å². The molecule has 2 heterocycles. The highest BCUT2D eigenvalue weighted by Gasteiger charge is 2.32. The van der Waals surface area contributed by atoms with E-state index in [2.05, 4.69) is 0 Å². The number of piperazine rings is 1. The van der Waals surface area contributed by atoms with Crippen molar-refractivity contribution in [2.45, 2.75) is 46.1 Å². The number of methoxy groups -OCH3 is 1. The molecular formula is C25H36N4O4. The van der Waals surface area contributed by atoms with Gasteiger partial charge in [0.15, 0.2) is 0 Å². The van der Waals surface area contributed by atoms with E-state index in [0.717, 1.165) is 42.5 Å². The molecule has 1 aromatic carbocycles. The molecule has 1 aliphatic heterocycles. The van der Waals surface area contributed by atoms with E-state index in [1.807, 2.05) is 46.4 Å². The SMILES string of the molecule is COc1ccc2c(c1)n(C[C@H]1CC[C@H](C(=O)N3CCN(C(=O)C(C)C)CC3)CC1)c(=O)n2C. The van der Waals surface area contributed by atoms with Gasteiger partial charge in [0.25, 0.3) is 0 Å². The highest BCUT2D eigenvalue weighted by atomic mass is 16.5. The fraction of sp³-hybridized carbons (Fsp3) is 0.640. The first-order valence-corrected chi connectivity index (χ1v) is 12.1. The van der Waals surface area contributed by atoms with Crippen LogP contribution in [-0.4, -0.2) is 64.0 Å². The molecule has 4 rings (SSSR count). The first-order valence-electron chi connectivity index (χ1n) is 12.1. The Morgan fingerprint density at radius 2 is 1.64 bits per heavy atom. The molecule has 8 heteroatoms. The molecule has 33 heavy (non-hydrogen) atoms. The van der Waals surface area contributed by atoms with E-state index in [0.29, 0.717) is 38.6 Å². The summed E-state index contributed by atoms with van der Waals surface area (Å²) >= 11 is 0. The minimum atomic E-state index is -0.00901. The standard InChI is InChI=1S/C25H36N4O4/c1-17(2)23(30)27-11-13-28(14-12-27)24(31)19-7-5-18(6-8-19)16-29-22-15-20(33-4)9-10-21(22)26(3)25(29)32/h9-10,15,17-19H,5-8,11-14,16H2,1-4H3/t18-,19-. The Morgan fingerprint density at radius 1 is 1.00 bits per heavy atom. The van der Waals surface area contributed by atoms with Crippen molar-refractivity contribution in [2.24, 2.45) is 24.8 Å². The molecule has 0 unspecified atom stereocenters. The van der Waals surface area contributed by atoms with Gasteiger partial charge in [-0.2, -0.15) is 0 Å². The predicted octanol–water partition coefficient (Wildman–Crippen LogP) is 2.48. The average Bonchev–Trinajstić information content (AvgIpc) is 3.07. The number of hydrogen-bond acceptors (Lipinski definition) is 4. The zero-order chi connectivity index (χ0) is 23.7. The van der Waals surface area contributed by atoms with E-state index >= 15 is 0 Å². The Morgan fingerprint density at radius 3 is 2.24 bits per heavy atom. The number of hydrogen-bond donors (Lipinski definition) is 0. The van der Waals surface area contributed by atoms with E-state index in [1.54, 1.807) is 18.7 Å². The normalized spacial score (nSPS) is 21.6. The Bertz CT molecular complexity index is 1070. The zero-order valence-electron chi connectivity index (χ0n) is 20.2. The van der Waals surface area contributed by atoms with E-state index in [-0.39, 0.29) is 29.3 Å². The van der Waals surface area contributed by atoms with Crippen molar-refractivity contribution < 1.29 is 14.3 Å². The minimum absolute atomic E-state index is 0.00198. The Hall–Kier alpha value is -2.77. The van der Waals surface area contributed by atoms with Crippen molar-refractivity contribution in [1.29, 1.82) is 0 Å². The van der Waals surface area contributed by atoms with Gasteiger partial charge in [-0.3, -0.25) is 18.7 Å². The molecule has 0 radical (unpaired) electrons. The van der Waals surface area contributed by atoms with E-state index in [1.165, 1.54) is 0 Å². The molecule has 0 atom stereocenters. The van der Waals surface area contributed by atoms with Gasteiger partial charge in [-0.25, -0.2) is 4.79 Å². The average molecular weight is 457 g/mol. The number of fused-ring (bicyclic) bond motifs is 1. The van der Waals surface area contributed by atoms with Crippen LogP contribution < -0.4 is 10.4 Å². The van der Waals surface area contributed by atoms with E-state index in [9.17, 15) is 14.4 Å². The van der Waals surface area contributed by atoms with Gasteiger partial charge in [0.2, 0.25) is 11.8 Å². The Kier molecular flexibility index (Phi) is 6.81. The fourth-order valence-corrected chi connectivity index (χ4v) is 5.31. The Balaban J connectivity index is 1.34. The van der Waals surface area contributed by atoms with Crippen molar-refractivity contribution in [1.82, 2.24) is 18.9 Å². The third-order valence-corrected chi connectivity index (χ3v) is 7.39. The lowest BCUT2D eigenvalue weighted by molar-refractivity contribution is -0.144. The zero-order valence-corrected chi connectivity index (χ0v) is 20.2. The summed E-state index contributed by atoms with van der Waals surface area (Å²) in [6.07, 6.45) is 3.60. The number of ether oxygens (including phenoxy) is 1. The number of carbonyl (C=O) groups is 2. The van der Waals surface area contributed by atoms with Gasteiger partial charge >= 0.3 is 5.69 Å². The number of benzene rings is 1. The van der Waals surface area contributed by atoms with Crippen LogP contribution >= 0.6 is 0 Å². The highest BCUT2D eigenvalue weighted by molar-refractivity contribution is 5.81. The van der Waals surface area contributed by atoms with Gasteiger partial charge in [0, 0.05) is 57.7 Å². The van der Waals surface area contributed by atoms with E-state index in [4.69, 9.17) is 4.74 Å². The molecule has 0 N–H and O–H groups in total. The topological polar surface area (TPSA) is 76.8 Å². The lowest BCUT2D eigenvalue weighted by Crippen LogP contribution is -2.53. The first-order chi connectivity index (χ1) is 15.8. The van der Waals surface area contributed by atoms with E-state index < -0.39 is 0 Å². The second kappa shape index (κ2) is 9.61. The van der Waals surface area contributed by atoms with Crippen molar-refractivity contribution in [3.8, 4) is 5.75 Å². The third kappa shape index (κ3) is 4.66. The molecular weight excluding hydrogens is 420 g/mol. The Labute approximate surface area is 195 Å². The quantitative estimate of drug-likeness (QED) is 0.693. The summed E-state index contributed by atoms with van der Waals surface area (Å²) in [6.45, 7) is 7.02. The third-order valence-electron chi connectivity index (χ3n) is 7.39. The molecule has 1 saturated heterocycles. The largest absolute Gasteiger partial charge is 0.497 e. The number of nitrogens with zero attached hydrogens (tertiary/aromatic N) is 4. The van der Waals surface area contributed by atoms with Crippen LogP contribution in [0.5, 0.6) is 5.75 Å². The summed E-state index contributed by atoms with van der Waals surface area (Å²) in [7, 11) is 3.44. The summed E-state index contributed by atoms with van der Waals surface area (Å²) in [5.74, 6) is 1.58. The molecule has 8 nitrogen and oxygen atoms in total.